The molecule has 0 heterocycles. The monoisotopic (exact) mass is 187 g/mol. The maximum absolute atomic E-state index is 10.9. The number of primary amides is 1. The second-order valence-electron chi connectivity index (χ2n) is 3.06. The van der Waals surface area contributed by atoms with Crippen LogP contribution in [0.3, 0.4) is 0 Å². The van der Waals surface area contributed by atoms with Crippen LogP contribution in [0.15, 0.2) is 0 Å². The number of nitrogens with zero attached hydrogens (tertiary/aromatic N) is 1. The van der Waals surface area contributed by atoms with Gasteiger partial charge in [0.25, 0.3) is 0 Å². The lowest BCUT2D eigenvalue weighted by Gasteiger charge is -2.20. The molecule has 0 fully saturated rings. The summed E-state index contributed by atoms with van der Waals surface area (Å²) >= 11 is 0. The lowest BCUT2D eigenvalue weighted by Crippen LogP contribution is -2.41. The highest BCUT2D eigenvalue weighted by atomic mass is 16.1. The van der Waals surface area contributed by atoms with Crippen molar-refractivity contribution in [3.63, 3.8) is 0 Å². The van der Waals surface area contributed by atoms with E-state index < -0.39 is 0 Å². The normalized spacial score (nSPS) is 13.2. The van der Waals surface area contributed by atoms with Crippen molar-refractivity contribution in [1.82, 2.24) is 10.2 Å². The van der Waals surface area contributed by atoms with Crippen molar-refractivity contribution < 1.29 is 4.79 Å². The zero-order valence-electron chi connectivity index (χ0n) is 8.84. The number of hydrogen-bond acceptors (Lipinski definition) is 3. The van der Waals surface area contributed by atoms with E-state index in [1.807, 2.05) is 0 Å². The predicted molar refractivity (Wildman–Crippen MR) is 54.4 cm³/mol. The molecule has 4 nitrogen and oxygen atoms in total. The summed E-state index contributed by atoms with van der Waals surface area (Å²) in [4.78, 5) is 13.1. The van der Waals surface area contributed by atoms with E-state index in [1.165, 1.54) is 0 Å². The van der Waals surface area contributed by atoms with Crippen LogP contribution in [-0.4, -0.2) is 43.5 Å². The molecule has 3 N–H and O–H groups in total. The Morgan fingerprint density at radius 2 is 2.00 bits per heavy atom. The van der Waals surface area contributed by atoms with Crippen LogP contribution in [0, 0.1) is 0 Å². The fourth-order valence-electron chi connectivity index (χ4n) is 1.28. The summed E-state index contributed by atoms with van der Waals surface area (Å²) in [6, 6.07) is -0.194. The summed E-state index contributed by atoms with van der Waals surface area (Å²) in [6.07, 6.45) is 0.785. The largest absolute Gasteiger partial charge is 0.368 e. The molecule has 0 aliphatic carbocycles. The molecule has 0 aromatic heterocycles. The third kappa shape index (κ3) is 4.85. The molecule has 0 aromatic rings. The third-order valence-electron chi connectivity index (χ3n) is 2.32. The minimum absolute atomic E-state index is 0.194. The maximum Gasteiger partial charge on any atom is 0.234 e. The molecule has 1 amide bonds. The van der Waals surface area contributed by atoms with Gasteiger partial charge in [-0.25, -0.2) is 0 Å². The molecular weight excluding hydrogens is 166 g/mol. The summed E-state index contributed by atoms with van der Waals surface area (Å²) in [6.45, 7) is 7.18. The number of carbonyl (C=O) groups excluding carboxylic acids is 1. The Hall–Kier alpha value is -0.610. The molecule has 0 spiro atoms. The van der Waals surface area contributed by atoms with Gasteiger partial charge in [0.15, 0.2) is 0 Å². The summed E-state index contributed by atoms with van der Waals surface area (Å²) in [5, 5.41) is 2.90. The van der Waals surface area contributed by atoms with Gasteiger partial charge in [0.1, 0.15) is 0 Å². The standard InChI is InChI=1S/C9H21N3O/c1-4-12(5-2)7-6-8(11-3)9(10)13/h8,11H,4-7H2,1-3H3,(H2,10,13). The van der Waals surface area contributed by atoms with Gasteiger partial charge in [-0.3, -0.25) is 4.79 Å². The maximum atomic E-state index is 10.9. The second-order valence-corrected chi connectivity index (χ2v) is 3.06. The molecule has 1 atom stereocenters. The average molecular weight is 187 g/mol. The minimum Gasteiger partial charge on any atom is -0.368 e. The van der Waals surface area contributed by atoms with Gasteiger partial charge in [-0.05, 0) is 26.6 Å². The van der Waals surface area contributed by atoms with Gasteiger partial charge < -0.3 is 16.0 Å². The van der Waals surface area contributed by atoms with Crippen molar-refractivity contribution >= 4 is 5.91 Å². The van der Waals surface area contributed by atoms with E-state index in [4.69, 9.17) is 5.73 Å². The Bertz CT molecular complexity index is 146. The highest BCUT2D eigenvalue weighted by molar-refractivity contribution is 5.79. The number of nitrogens with two attached hydrogens (primary N) is 1. The minimum atomic E-state index is -0.269. The van der Waals surface area contributed by atoms with Crippen molar-refractivity contribution in [3.8, 4) is 0 Å². The first-order chi connectivity index (χ1) is 6.15. The second kappa shape index (κ2) is 6.86. The van der Waals surface area contributed by atoms with E-state index in [1.54, 1.807) is 7.05 Å². The van der Waals surface area contributed by atoms with E-state index in [0.29, 0.717) is 0 Å². The van der Waals surface area contributed by atoms with Crippen molar-refractivity contribution in [1.29, 1.82) is 0 Å². The number of rotatable bonds is 7. The molecule has 13 heavy (non-hydrogen) atoms. The fraction of sp³-hybridized carbons (Fsp3) is 0.889. The topological polar surface area (TPSA) is 58.4 Å². The van der Waals surface area contributed by atoms with E-state index in [-0.39, 0.29) is 11.9 Å². The Labute approximate surface area is 80.5 Å². The van der Waals surface area contributed by atoms with Crippen LogP contribution < -0.4 is 11.1 Å². The average Bonchev–Trinajstić information content (AvgIpc) is 2.12. The van der Waals surface area contributed by atoms with Gasteiger partial charge in [-0.1, -0.05) is 13.8 Å². The van der Waals surface area contributed by atoms with Crippen LogP contribution in [0.2, 0.25) is 0 Å². The molecule has 0 bridgehead atoms. The number of hydrogen-bond donors (Lipinski definition) is 2. The first kappa shape index (κ1) is 12.4. The predicted octanol–water partition coefficient (Wildman–Crippen LogP) is -0.208. The summed E-state index contributed by atoms with van der Waals surface area (Å²) < 4.78 is 0. The number of nitrogens with one attached hydrogen (secondary N) is 1. The van der Waals surface area contributed by atoms with Gasteiger partial charge in [0.2, 0.25) is 5.91 Å². The number of likely N-dealkylation sites (N-methyl/N-ethyl adjacent to an activating group) is 1. The fourth-order valence-corrected chi connectivity index (χ4v) is 1.28. The summed E-state index contributed by atoms with van der Waals surface area (Å²) in [7, 11) is 1.76. The van der Waals surface area contributed by atoms with Crippen LogP contribution in [0.1, 0.15) is 20.3 Å². The molecule has 1 unspecified atom stereocenters. The van der Waals surface area contributed by atoms with Crippen molar-refractivity contribution in [3.05, 3.63) is 0 Å². The Kier molecular flexibility index (Phi) is 6.54. The summed E-state index contributed by atoms with van der Waals surface area (Å²) in [5.41, 5.74) is 5.20. The van der Waals surface area contributed by atoms with E-state index in [9.17, 15) is 4.79 Å². The van der Waals surface area contributed by atoms with Crippen molar-refractivity contribution in [2.24, 2.45) is 5.73 Å². The summed E-state index contributed by atoms with van der Waals surface area (Å²) in [5.74, 6) is -0.269. The van der Waals surface area contributed by atoms with Crippen LogP contribution in [0.4, 0.5) is 0 Å². The SMILES string of the molecule is CCN(CC)CCC(NC)C(N)=O. The smallest absolute Gasteiger partial charge is 0.234 e. The zero-order valence-corrected chi connectivity index (χ0v) is 8.84. The van der Waals surface area contributed by atoms with Gasteiger partial charge in [-0.2, -0.15) is 0 Å². The highest BCUT2D eigenvalue weighted by Crippen LogP contribution is 1.95. The third-order valence-corrected chi connectivity index (χ3v) is 2.32. The van der Waals surface area contributed by atoms with Crippen molar-refractivity contribution in [2.45, 2.75) is 26.3 Å². The lowest BCUT2D eigenvalue weighted by atomic mass is 10.2. The molecule has 0 aliphatic rings. The number of amides is 1. The first-order valence-corrected chi connectivity index (χ1v) is 4.84. The van der Waals surface area contributed by atoms with Gasteiger partial charge in [0, 0.05) is 6.54 Å². The van der Waals surface area contributed by atoms with Crippen LogP contribution in [0.5, 0.6) is 0 Å². The van der Waals surface area contributed by atoms with Gasteiger partial charge in [0.05, 0.1) is 6.04 Å². The van der Waals surface area contributed by atoms with E-state index in [0.717, 1.165) is 26.1 Å². The molecule has 78 valence electrons. The molecule has 0 rings (SSSR count). The van der Waals surface area contributed by atoms with Crippen LogP contribution in [-0.2, 0) is 4.79 Å². The van der Waals surface area contributed by atoms with Crippen molar-refractivity contribution in [2.75, 3.05) is 26.7 Å². The quantitative estimate of drug-likeness (QED) is 0.580. The Balaban J connectivity index is 3.76. The molecule has 0 aromatic carbocycles. The van der Waals surface area contributed by atoms with Crippen LogP contribution >= 0.6 is 0 Å². The molecular formula is C9H21N3O. The molecule has 0 aliphatic heterocycles. The Morgan fingerprint density at radius 1 is 1.46 bits per heavy atom. The zero-order chi connectivity index (χ0) is 10.3. The molecule has 0 saturated heterocycles. The highest BCUT2D eigenvalue weighted by Gasteiger charge is 2.12. The van der Waals surface area contributed by atoms with Crippen LogP contribution in [0.25, 0.3) is 0 Å². The van der Waals surface area contributed by atoms with Gasteiger partial charge >= 0.3 is 0 Å². The molecule has 0 saturated carbocycles. The molecule has 0 radical (unpaired) electrons. The first-order valence-electron chi connectivity index (χ1n) is 4.84. The number of carbonyl (C=O) groups is 1. The van der Waals surface area contributed by atoms with Gasteiger partial charge in [-0.15, -0.1) is 0 Å². The van der Waals surface area contributed by atoms with E-state index >= 15 is 0 Å². The molecule has 4 heteroatoms. The Morgan fingerprint density at radius 3 is 2.31 bits per heavy atom. The van der Waals surface area contributed by atoms with E-state index in [2.05, 4.69) is 24.1 Å². The lowest BCUT2D eigenvalue weighted by molar-refractivity contribution is -0.120.